The maximum absolute atomic E-state index is 12.4. The van der Waals surface area contributed by atoms with Gasteiger partial charge in [-0.15, -0.1) is 0 Å². The lowest BCUT2D eigenvalue weighted by atomic mass is 10.1. The zero-order chi connectivity index (χ0) is 12.5. The molecule has 0 saturated heterocycles. The fraction of sp³-hybridized carbons (Fsp3) is 0.375. The Bertz CT molecular complexity index is 393. The molecule has 0 radical (unpaired) electrons. The number of aliphatic hydroxyl groups excluding tert-OH is 1. The first-order valence-corrected chi connectivity index (χ1v) is 4.30. The van der Waals surface area contributed by atoms with Crippen molar-refractivity contribution in [1.29, 1.82) is 0 Å². The van der Waals surface area contributed by atoms with Gasteiger partial charge in [0.1, 0.15) is 10.8 Å². The molecule has 1 heterocycles. The smallest absolute Gasteiger partial charge is 0.392 e. The van der Waals surface area contributed by atoms with Crippen molar-refractivity contribution in [3.05, 3.63) is 28.0 Å². The summed E-state index contributed by atoms with van der Waals surface area (Å²) >= 11 is 5.28. The first-order valence-electron chi connectivity index (χ1n) is 3.93. The Balaban J connectivity index is 3.40. The summed E-state index contributed by atoms with van der Waals surface area (Å²) in [5.41, 5.74) is -2.97. The lowest BCUT2D eigenvalue weighted by Crippen LogP contribution is -2.11. The molecule has 0 aliphatic rings. The van der Waals surface area contributed by atoms with Gasteiger partial charge < -0.3 is 5.11 Å². The summed E-state index contributed by atoms with van der Waals surface area (Å²) in [6, 6.07) is 0.183. The number of pyridine rings is 1. The molecule has 0 saturated carbocycles. The van der Waals surface area contributed by atoms with Crippen LogP contribution in [0.3, 0.4) is 0 Å². The van der Waals surface area contributed by atoms with Gasteiger partial charge in [0.25, 0.3) is 6.43 Å². The molecular weight excluding hydrogens is 257 g/mol. The third kappa shape index (κ3) is 2.59. The first kappa shape index (κ1) is 13.1. The molecule has 0 aliphatic carbocycles. The summed E-state index contributed by atoms with van der Waals surface area (Å²) in [4.78, 5) is 2.91. The van der Waals surface area contributed by atoms with E-state index in [1.807, 2.05) is 0 Å². The minimum Gasteiger partial charge on any atom is -0.392 e. The lowest BCUT2D eigenvalue weighted by Gasteiger charge is -2.12. The largest absolute Gasteiger partial charge is 0.433 e. The highest BCUT2D eigenvalue weighted by Gasteiger charge is 2.35. The second kappa shape index (κ2) is 4.50. The molecule has 0 spiro atoms. The normalized spacial score (nSPS) is 12.2. The van der Waals surface area contributed by atoms with Crippen LogP contribution in [-0.2, 0) is 12.8 Å². The number of halogens is 6. The Kier molecular flexibility index (Phi) is 3.69. The molecule has 1 aromatic heterocycles. The van der Waals surface area contributed by atoms with Crippen LogP contribution in [0.5, 0.6) is 0 Å². The molecule has 0 unspecified atom stereocenters. The number of nitrogens with zero attached hydrogens (tertiary/aromatic N) is 1. The fourth-order valence-corrected chi connectivity index (χ4v) is 1.32. The van der Waals surface area contributed by atoms with Gasteiger partial charge in [-0.2, -0.15) is 13.2 Å². The summed E-state index contributed by atoms with van der Waals surface area (Å²) in [7, 11) is 0. The van der Waals surface area contributed by atoms with Crippen molar-refractivity contribution in [2.75, 3.05) is 0 Å². The molecule has 8 heteroatoms. The van der Waals surface area contributed by atoms with Crippen molar-refractivity contribution in [2.45, 2.75) is 19.2 Å². The van der Waals surface area contributed by atoms with Crippen LogP contribution in [0.4, 0.5) is 22.0 Å². The SMILES string of the molecule is OCc1c(C(F)F)cc(C(F)(F)F)nc1Cl. The van der Waals surface area contributed by atoms with Crippen LogP contribution in [0.1, 0.15) is 23.2 Å². The Labute approximate surface area is 91.7 Å². The lowest BCUT2D eigenvalue weighted by molar-refractivity contribution is -0.141. The summed E-state index contributed by atoms with van der Waals surface area (Å²) < 4.78 is 61.5. The average Bonchev–Trinajstić information content (AvgIpc) is 2.14. The Morgan fingerprint density at radius 2 is 1.94 bits per heavy atom. The summed E-state index contributed by atoms with van der Waals surface area (Å²) in [5, 5.41) is 7.93. The van der Waals surface area contributed by atoms with Gasteiger partial charge in [-0.25, -0.2) is 13.8 Å². The average molecular weight is 262 g/mol. The van der Waals surface area contributed by atoms with Crippen molar-refractivity contribution in [1.82, 2.24) is 4.98 Å². The zero-order valence-corrected chi connectivity index (χ0v) is 8.28. The van der Waals surface area contributed by atoms with Crippen LogP contribution in [0.25, 0.3) is 0 Å². The van der Waals surface area contributed by atoms with E-state index in [2.05, 4.69) is 4.98 Å². The van der Waals surface area contributed by atoms with E-state index in [9.17, 15) is 22.0 Å². The van der Waals surface area contributed by atoms with E-state index in [-0.39, 0.29) is 6.07 Å². The van der Waals surface area contributed by atoms with Crippen molar-refractivity contribution >= 4 is 11.6 Å². The number of hydrogen-bond acceptors (Lipinski definition) is 2. The van der Waals surface area contributed by atoms with Crippen LogP contribution in [0.2, 0.25) is 5.15 Å². The molecule has 16 heavy (non-hydrogen) atoms. The summed E-state index contributed by atoms with van der Waals surface area (Å²) in [5.74, 6) is 0. The molecule has 2 nitrogen and oxygen atoms in total. The maximum atomic E-state index is 12.4. The van der Waals surface area contributed by atoms with Crippen molar-refractivity contribution in [3.63, 3.8) is 0 Å². The summed E-state index contributed by atoms with van der Waals surface area (Å²) in [6.45, 7) is -0.899. The molecule has 0 fully saturated rings. The Morgan fingerprint density at radius 1 is 1.38 bits per heavy atom. The van der Waals surface area contributed by atoms with Gasteiger partial charge in [-0.05, 0) is 6.07 Å². The van der Waals surface area contributed by atoms with Crippen molar-refractivity contribution < 1.29 is 27.1 Å². The highest BCUT2D eigenvalue weighted by atomic mass is 35.5. The van der Waals surface area contributed by atoms with Gasteiger partial charge in [-0.1, -0.05) is 11.6 Å². The van der Waals surface area contributed by atoms with Gasteiger partial charge in [-0.3, -0.25) is 0 Å². The number of hydrogen-bond donors (Lipinski definition) is 1. The second-order valence-electron chi connectivity index (χ2n) is 2.82. The molecule has 0 amide bonds. The van der Waals surface area contributed by atoms with Gasteiger partial charge >= 0.3 is 6.18 Å². The highest BCUT2D eigenvalue weighted by Crippen LogP contribution is 2.34. The Hall–Kier alpha value is -0.950. The van der Waals surface area contributed by atoms with E-state index in [0.717, 1.165) is 0 Å². The number of alkyl halides is 5. The van der Waals surface area contributed by atoms with E-state index in [4.69, 9.17) is 16.7 Å². The van der Waals surface area contributed by atoms with Gasteiger partial charge in [0.05, 0.1) is 6.61 Å². The quantitative estimate of drug-likeness (QED) is 0.655. The summed E-state index contributed by atoms with van der Waals surface area (Å²) in [6.07, 6.45) is -8.02. The monoisotopic (exact) mass is 261 g/mol. The predicted molar refractivity (Wildman–Crippen MR) is 45.1 cm³/mol. The van der Waals surface area contributed by atoms with Crippen molar-refractivity contribution in [3.8, 4) is 0 Å². The number of rotatable bonds is 2. The van der Waals surface area contributed by atoms with Gasteiger partial charge in [0, 0.05) is 11.1 Å². The van der Waals surface area contributed by atoms with Crippen LogP contribution in [0, 0.1) is 0 Å². The minimum absolute atomic E-state index is 0.183. The third-order valence-electron chi connectivity index (χ3n) is 1.79. The topological polar surface area (TPSA) is 33.1 Å². The fourth-order valence-electron chi connectivity index (χ4n) is 1.06. The maximum Gasteiger partial charge on any atom is 0.433 e. The van der Waals surface area contributed by atoms with E-state index in [1.165, 1.54) is 0 Å². The minimum atomic E-state index is -4.86. The van der Waals surface area contributed by atoms with Crippen LogP contribution >= 0.6 is 11.6 Å². The molecule has 0 bridgehead atoms. The first-order chi connectivity index (χ1) is 7.27. The molecule has 1 aromatic rings. The van der Waals surface area contributed by atoms with E-state index in [1.54, 1.807) is 0 Å². The van der Waals surface area contributed by atoms with Crippen LogP contribution in [-0.4, -0.2) is 10.1 Å². The molecule has 0 aromatic carbocycles. The Morgan fingerprint density at radius 3 is 2.31 bits per heavy atom. The standard InChI is InChI=1S/C8H5ClF5NO/c9-6-4(2-16)3(7(10)11)1-5(15-6)8(12,13)14/h1,7,16H,2H2. The molecule has 0 aliphatic heterocycles. The van der Waals surface area contributed by atoms with Crippen molar-refractivity contribution in [2.24, 2.45) is 0 Å². The number of aromatic nitrogens is 1. The van der Waals surface area contributed by atoms with E-state index < -0.39 is 41.2 Å². The van der Waals surface area contributed by atoms with Crippen LogP contribution < -0.4 is 0 Å². The zero-order valence-electron chi connectivity index (χ0n) is 7.52. The van der Waals surface area contributed by atoms with E-state index >= 15 is 0 Å². The molecule has 1 rings (SSSR count). The highest BCUT2D eigenvalue weighted by molar-refractivity contribution is 6.30. The molecule has 1 N–H and O–H groups in total. The van der Waals surface area contributed by atoms with Gasteiger partial charge in [0.15, 0.2) is 0 Å². The third-order valence-corrected chi connectivity index (χ3v) is 2.10. The van der Waals surface area contributed by atoms with Gasteiger partial charge in [0.2, 0.25) is 0 Å². The number of aliphatic hydroxyl groups is 1. The van der Waals surface area contributed by atoms with Crippen LogP contribution in [0.15, 0.2) is 6.07 Å². The second-order valence-corrected chi connectivity index (χ2v) is 3.18. The molecule has 0 atom stereocenters. The molecular formula is C8H5ClF5NO. The molecule has 90 valence electrons. The van der Waals surface area contributed by atoms with E-state index in [0.29, 0.717) is 0 Å². The predicted octanol–water partition coefficient (Wildman–Crippen LogP) is 3.18.